The summed E-state index contributed by atoms with van der Waals surface area (Å²) in [7, 11) is 1.68. The summed E-state index contributed by atoms with van der Waals surface area (Å²) in [5.41, 5.74) is 1.29. The second-order valence-electron chi connectivity index (χ2n) is 5.39. The van der Waals surface area contributed by atoms with Gasteiger partial charge in [0.25, 0.3) is 0 Å². The second kappa shape index (κ2) is 7.41. The normalized spacial score (nSPS) is 19.0. The third-order valence-electron chi connectivity index (χ3n) is 3.61. The monoisotopic (exact) mass is 342 g/mol. The van der Waals surface area contributed by atoms with Crippen molar-refractivity contribution in [3.63, 3.8) is 0 Å². The van der Waals surface area contributed by atoms with Crippen LogP contribution in [0.4, 0.5) is 0 Å². The van der Waals surface area contributed by atoms with Crippen LogP contribution >= 0.6 is 15.9 Å². The summed E-state index contributed by atoms with van der Waals surface area (Å²) in [6, 6.07) is 6.25. The Morgan fingerprint density at radius 1 is 1.25 bits per heavy atom. The number of methoxy groups -OCH3 is 1. The molecule has 1 N–H and O–H groups in total. The smallest absolute Gasteiger partial charge is 0.133 e. The van der Waals surface area contributed by atoms with Gasteiger partial charge < -0.3 is 9.84 Å². The van der Waals surface area contributed by atoms with Crippen molar-refractivity contribution in [1.82, 2.24) is 9.80 Å². The molecule has 4 nitrogen and oxygen atoms in total. The van der Waals surface area contributed by atoms with E-state index < -0.39 is 0 Å². The van der Waals surface area contributed by atoms with Gasteiger partial charge in [-0.05, 0) is 40.5 Å². The quantitative estimate of drug-likeness (QED) is 0.887. The van der Waals surface area contributed by atoms with Crippen LogP contribution < -0.4 is 4.74 Å². The number of β-amino-alcohol motifs (C(OH)–C–C–N with tert-alkyl or cyclic N) is 1. The molecule has 0 spiro atoms. The first-order chi connectivity index (χ1) is 9.58. The van der Waals surface area contributed by atoms with E-state index in [4.69, 9.17) is 4.74 Å². The molecule has 112 valence electrons. The summed E-state index contributed by atoms with van der Waals surface area (Å²) in [4.78, 5) is 4.78. The number of hydrogen-bond donors (Lipinski definition) is 1. The Hall–Kier alpha value is -0.620. The zero-order chi connectivity index (χ0) is 14.5. The maximum Gasteiger partial charge on any atom is 0.133 e. The summed E-state index contributed by atoms with van der Waals surface area (Å²) >= 11 is 3.53. The lowest BCUT2D eigenvalue weighted by Crippen LogP contribution is -2.47. The van der Waals surface area contributed by atoms with Gasteiger partial charge in [0.15, 0.2) is 0 Å². The van der Waals surface area contributed by atoms with Crippen LogP contribution in [0.5, 0.6) is 5.75 Å². The number of hydrogen-bond acceptors (Lipinski definition) is 4. The van der Waals surface area contributed by atoms with Crippen molar-refractivity contribution in [3.8, 4) is 5.75 Å². The van der Waals surface area contributed by atoms with E-state index in [2.05, 4.69) is 37.9 Å². The molecule has 1 heterocycles. The van der Waals surface area contributed by atoms with E-state index in [0.29, 0.717) is 0 Å². The minimum Gasteiger partial charge on any atom is -0.496 e. The molecule has 0 saturated carbocycles. The van der Waals surface area contributed by atoms with Crippen molar-refractivity contribution in [1.29, 1.82) is 0 Å². The van der Waals surface area contributed by atoms with Gasteiger partial charge in [-0.1, -0.05) is 6.07 Å². The van der Waals surface area contributed by atoms with E-state index >= 15 is 0 Å². The molecule has 0 radical (unpaired) electrons. The number of piperazine rings is 1. The standard InChI is InChI=1S/C15H23BrN2O2/c1-12(19)10-17-5-7-18(8-6-17)11-13-3-4-15(20-2)14(16)9-13/h3-4,9,12,19H,5-8,10-11H2,1-2H3/t12-/m1/s1. The van der Waals surface area contributed by atoms with Gasteiger partial charge in [0.1, 0.15) is 5.75 Å². The molecule has 1 aliphatic rings. The van der Waals surface area contributed by atoms with Gasteiger partial charge in [0.05, 0.1) is 17.7 Å². The van der Waals surface area contributed by atoms with Gasteiger partial charge in [0.2, 0.25) is 0 Å². The molecule has 1 atom stereocenters. The fourth-order valence-electron chi connectivity index (χ4n) is 2.57. The zero-order valence-electron chi connectivity index (χ0n) is 12.2. The van der Waals surface area contributed by atoms with Crippen LogP contribution in [0.3, 0.4) is 0 Å². The number of rotatable bonds is 5. The summed E-state index contributed by atoms with van der Waals surface area (Å²) in [6.45, 7) is 7.76. The number of aliphatic hydroxyl groups is 1. The van der Waals surface area contributed by atoms with Crippen LogP contribution in [0.2, 0.25) is 0 Å². The van der Waals surface area contributed by atoms with Crippen molar-refractivity contribution in [2.24, 2.45) is 0 Å². The number of halogens is 1. The minimum absolute atomic E-state index is 0.237. The Balaban J connectivity index is 1.85. The van der Waals surface area contributed by atoms with Gasteiger partial charge in [-0.2, -0.15) is 0 Å². The molecule has 0 bridgehead atoms. The van der Waals surface area contributed by atoms with E-state index in [1.54, 1.807) is 7.11 Å². The van der Waals surface area contributed by atoms with E-state index in [-0.39, 0.29) is 6.10 Å². The lowest BCUT2D eigenvalue weighted by molar-refractivity contribution is 0.0781. The first-order valence-electron chi connectivity index (χ1n) is 7.03. The van der Waals surface area contributed by atoms with E-state index in [0.717, 1.165) is 49.5 Å². The Morgan fingerprint density at radius 3 is 2.45 bits per heavy atom. The molecule has 1 aromatic rings. The zero-order valence-corrected chi connectivity index (χ0v) is 13.8. The molecule has 20 heavy (non-hydrogen) atoms. The van der Waals surface area contributed by atoms with E-state index in [9.17, 15) is 5.11 Å². The van der Waals surface area contributed by atoms with Gasteiger partial charge in [-0.15, -0.1) is 0 Å². The van der Waals surface area contributed by atoms with Gasteiger partial charge >= 0.3 is 0 Å². The Kier molecular flexibility index (Phi) is 5.84. The number of aliphatic hydroxyl groups excluding tert-OH is 1. The molecule has 0 aromatic heterocycles. The van der Waals surface area contributed by atoms with Crippen molar-refractivity contribution in [2.75, 3.05) is 39.8 Å². The van der Waals surface area contributed by atoms with Gasteiger partial charge in [0, 0.05) is 39.3 Å². The lowest BCUT2D eigenvalue weighted by Gasteiger charge is -2.35. The first-order valence-corrected chi connectivity index (χ1v) is 7.83. The molecule has 1 aromatic carbocycles. The molecule has 1 saturated heterocycles. The predicted molar refractivity (Wildman–Crippen MR) is 84.1 cm³/mol. The van der Waals surface area contributed by atoms with Crippen LogP contribution in [-0.2, 0) is 6.54 Å². The van der Waals surface area contributed by atoms with E-state index in [1.165, 1.54) is 5.56 Å². The average Bonchev–Trinajstić information content (AvgIpc) is 2.41. The van der Waals surface area contributed by atoms with Crippen molar-refractivity contribution in [2.45, 2.75) is 19.6 Å². The molecular formula is C15H23BrN2O2. The molecule has 1 fully saturated rings. The maximum absolute atomic E-state index is 9.41. The van der Waals surface area contributed by atoms with Crippen molar-refractivity contribution < 1.29 is 9.84 Å². The fourth-order valence-corrected chi connectivity index (χ4v) is 3.16. The number of nitrogens with zero attached hydrogens (tertiary/aromatic N) is 2. The van der Waals surface area contributed by atoms with Crippen LogP contribution in [0.25, 0.3) is 0 Å². The maximum atomic E-state index is 9.41. The molecule has 0 aliphatic carbocycles. The first kappa shape index (κ1) is 15.8. The Morgan fingerprint density at radius 2 is 1.90 bits per heavy atom. The number of benzene rings is 1. The second-order valence-corrected chi connectivity index (χ2v) is 6.25. The van der Waals surface area contributed by atoms with Crippen LogP contribution in [0, 0.1) is 0 Å². The van der Waals surface area contributed by atoms with Gasteiger partial charge in [-0.3, -0.25) is 9.80 Å². The average molecular weight is 343 g/mol. The summed E-state index contributed by atoms with van der Waals surface area (Å²) in [6.07, 6.45) is -0.237. The topological polar surface area (TPSA) is 35.9 Å². The van der Waals surface area contributed by atoms with Gasteiger partial charge in [-0.25, -0.2) is 0 Å². The van der Waals surface area contributed by atoms with Crippen molar-refractivity contribution in [3.05, 3.63) is 28.2 Å². The Bertz CT molecular complexity index is 432. The molecule has 2 rings (SSSR count). The molecule has 0 amide bonds. The van der Waals surface area contributed by atoms with Crippen molar-refractivity contribution >= 4 is 15.9 Å². The van der Waals surface area contributed by atoms with Crippen LogP contribution in [0.15, 0.2) is 22.7 Å². The van der Waals surface area contributed by atoms with Crippen LogP contribution in [0.1, 0.15) is 12.5 Å². The highest BCUT2D eigenvalue weighted by molar-refractivity contribution is 9.10. The fraction of sp³-hybridized carbons (Fsp3) is 0.600. The van der Waals surface area contributed by atoms with Crippen LogP contribution in [-0.4, -0.2) is 60.8 Å². The SMILES string of the molecule is COc1ccc(CN2CCN(C[C@@H](C)O)CC2)cc1Br. The highest BCUT2D eigenvalue weighted by Gasteiger charge is 2.18. The Labute approximate surface area is 129 Å². The molecular weight excluding hydrogens is 320 g/mol. The largest absolute Gasteiger partial charge is 0.496 e. The third-order valence-corrected chi connectivity index (χ3v) is 4.23. The predicted octanol–water partition coefficient (Wildman–Crippen LogP) is 1.96. The summed E-state index contributed by atoms with van der Waals surface area (Å²) < 4.78 is 6.25. The highest BCUT2D eigenvalue weighted by atomic mass is 79.9. The third kappa shape index (κ3) is 4.45. The summed E-state index contributed by atoms with van der Waals surface area (Å²) in [5, 5.41) is 9.41. The summed E-state index contributed by atoms with van der Waals surface area (Å²) in [5.74, 6) is 0.871. The van der Waals surface area contributed by atoms with E-state index in [1.807, 2.05) is 13.0 Å². The minimum atomic E-state index is -0.237. The molecule has 1 aliphatic heterocycles. The number of ether oxygens (including phenoxy) is 1. The lowest BCUT2D eigenvalue weighted by atomic mass is 10.2. The molecule has 0 unspecified atom stereocenters. The highest BCUT2D eigenvalue weighted by Crippen LogP contribution is 2.26. The molecule has 5 heteroatoms.